The molecule has 1 aromatic carbocycles. The molecule has 1 amide bonds. The number of nitrogens with one attached hydrogen (secondary N) is 2. The zero-order valence-corrected chi connectivity index (χ0v) is 12.0. The van der Waals surface area contributed by atoms with Crippen LogP contribution in [0.3, 0.4) is 0 Å². The van der Waals surface area contributed by atoms with Crippen LogP contribution >= 0.6 is 0 Å². The molecule has 1 aliphatic heterocycles. The lowest BCUT2D eigenvalue weighted by atomic mass is 9.86. The van der Waals surface area contributed by atoms with Gasteiger partial charge in [0.2, 0.25) is 0 Å². The number of fused-ring (bicyclic) bond motifs is 1. The van der Waals surface area contributed by atoms with Crippen molar-refractivity contribution in [2.24, 2.45) is 5.41 Å². The van der Waals surface area contributed by atoms with Crippen molar-refractivity contribution in [2.45, 2.75) is 39.9 Å². The van der Waals surface area contributed by atoms with E-state index in [1.165, 1.54) is 5.56 Å². The van der Waals surface area contributed by atoms with E-state index in [1.54, 1.807) is 26.8 Å². The highest BCUT2D eigenvalue weighted by atomic mass is 16.4. The first kappa shape index (κ1) is 14.5. The standard InChI is InChI=1S/C15H20N2O3/c1-15(2,3)12(14(19)20)17-13(18)9-4-5-10-7-16-8-11(10)6-9/h4-6,12,16H,7-8H2,1-3H3,(H,17,18)(H,19,20). The van der Waals surface area contributed by atoms with Crippen molar-refractivity contribution in [3.05, 3.63) is 34.9 Å². The van der Waals surface area contributed by atoms with Crippen molar-refractivity contribution in [3.63, 3.8) is 0 Å². The Labute approximate surface area is 118 Å². The molecule has 0 saturated carbocycles. The minimum absolute atomic E-state index is 0.345. The molecule has 3 N–H and O–H groups in total. The second-order valence-corrected chi connectivity index (χ2v) is 6.20. The average molecular weight is 276 g/mol. The second kappa shape index (κ2) is 5.25. The normalized spacial score (nSPS) is 15.6. The molecular formula is C15H20N2O3. The molecule has 1 heterocycles. The first-order valence-corrected chi connectivity index (χ1v) is 6.65. The number of benzene rings is 1. The molecule has 0 aliphatic carbocycles. The highest BCUT2D eigenvalue weighted by molar-refractivity contribution is 5.97. The van der Waals surface area contributed by atoms with Gasteiger partial charge >= 0.3 is 5.97 Å². The molecule has 0 saturated heterocycles. The fourth-order valence-electron chi connectivity index (χ4n) is 2.30. The lowest BCUT2D eigenvalue weighted by molar-refractivity contribution is -0.142. The molecule has 5 nitrogen and oxygen atoms in total. The van der Waals surface area contributed by atoms with Crippen molar-refractivity contribution < 1.29 is 14.7 Å². The average Bonchev–Trinajstić information content (AvgIpc) is 2.80. The molecule has 0 aromatic heterocycles. The Balaban J connectivity index is 2.17. The van der Waals surface area contributed by atoms with Crippen LogP contribution in [0, 0.1) is 5.41 Å². The first-order valence-electron chi connectivity index (χ1n) is 6.65. The third-order valence-corrected chi connectivity index (χ3v) is 3.49. The minimum Gasteiger partial charge on any atom is -0.480 e. The van der Waals surface area contributed by atoms with Crippen molar-refractivity contribution in [1.82, 2.24) is 10.6 Å². The Morgan fingerprint density at radius 3 is 2.50 bits per heavy atom. The molecule has 0 radical (unpaired) electrons. The molecule has 1 atom stereocenters. The van der Waals surface area contributed by atoms with Gasteiger partial charge in [0.1, 0.15) is 6.04 Å². The van der Waals surface area contributed by atoms with Crippen LogP contribution in [0.25, 0.3) is 0 Å². The Morgan fingerprint density at radius 2 is 1.90 bits per heavy atom. The van der Waals surface area contributed by atoms with Crippen molar-refractivity contribution in [2.75, 3.05) is 0 Å². The van der Waals surface area contributed by atoms with Crippen LogP contribution in [0.15, 0.2) is 18.2 Å². The van der Waals surface area contributed by atoms with E-state index >= 15 is 0 Å². The molecule has 0 spiro atoms. The van der Waals surface area contributed by atoms with Gasteiger partial charge in [-0.1, -0.05) is 26.8 Å². The van der Waals surface area contributed by atoms with Gasteiger partial charge < -0.3 is 15.7 Å². The van der Waals surface area contributed by atoms with Gasteiger partial charge in [-0.2, -0.15) is 0 Å². The lowest BCUT2D eigenvalue weighted by Crippen LogP contribution is -2.49. The van der Waals surface area contributed by atoms with E-state index in [2.05, 4.69) is 10.6 Å². The van der Waals surface area contributed by atoms with E-state index < -0.39 is 17.4 Å². The van der Waals surface area contributed by atoms with Crippen molar-refractivity contribution >= 4 is 11.9 Å². The Morgan fingerprint density at radius 1 is 1.25 bits per heavy atom. The van der Waals surface area contributed by atoms with Gasteiger partial charge in [-0.3, -0.25) is 4.79 Å². The van der Waals surface area contributed by atoms with E-state index in [1.807, 2.05) is 12.1 Å². The number of hydrogen-bond acceptors (Lipinski definition) is 3. The topological polar surface area (TPSA) is 78.4 Å². The van der Waals surface area contributed by atoms with Crippen molar-refractivity contribution in [1.29, 1.82) is 0 Å². The largest absolute Gasteiger partial charge is 0.480 e. The van der Waals surface area contributed by atoms with Crippen LogP contribution in [0.5, 0.6) is 0 Å². The Hall–Kier alpha value is -1.88. The maximum Gasteiger partial charge on any atom is 0.326 e. The SMILES string of the molecule is CC(C)(C)C(NC(=O)c1ccc2c(c1)CNC2)C(=O)O. The number of carbonyl (C=O) groups is 2. The quantitative estimate of drug-likeness (QED) is 0.782. The van der Waals surface area contributed by atoms with Gasteiger partial charge in [0.25, 0.3) is 5.91 Å². The van der Waals surface area contributed by atoms with Crippen LogP contribution in [0.2, 0.25) is 0 Å². The Kier molecular flexibility index (Phi) is 3.81. The van der Waals surface area contributed by atoms with E-state index in [0.29, 0.717) is 5.56 Å². The fraction of sp³-hybridized carbons (Fsp3) is 0.467. The molecule has 0 bridgehead atoms. The summed E-state index contributed by atoms with van der Waals surface area (Å²) in [6.07, 6.45) is 0. The molecule has 5 heteroatoms. The highest BCUT2D eigenvalue weighted by Gasteiger charge is 2.32. The van der Waals surface area contributed by atoms with Crippen LogP contribution in [-0.4, -0.2) is 23.0 Å². The molecule has 1 unspecified atom stereocenters. The van der Waals surface area contributed by atoms with Crippen LogP contribution < -0.4 is 10.6 Å². The summed E-state index contributed by atoms with van der Waals surface area (Å²) in [6.45, 7) is 6.94. The third-order valence-electron chi connectivity index (χ3n) is 3.49. The molecule has 1 aliphatic rings. The molecular weight excluding hydrogens is 256 g/mol. The van der Waals surface area contributed by atoms with Gasteiger partial charge in [0, 0.05) is 18.7 Å². The predicted octanol–water partition coefficient (Wildman–Crippen LogP) is 1.52. The summed E-state index contributed by atoms with van der Waals surface area (Å²) in [4.78, 5) is 23.5. The van der Waals surface area contributed by atoms with Gasteiger partial charge in [-0.25, -0.2) is 4.79 Å². The summed E-state index contributed by atoms with van der Waals surface area (Å²) in [5.41, 5.74) is 2.25. The maximum atomic E-state index is 12.2. The zero-order valence-electron chi connectivity index (χ0n) is 12.0. The van der Waals surface area contributed by atoms with Gasteiger partial charge in [0.15, 0.2) is 0 Å². The summed E-state index contributed by atoms with van der Waals surface area (Å²) in [5.74, 6) is -1.37. The Bertz CT molecular complexity index is 547. The number of carboxylic acids is 1. The number of hydrogen-bond donors (Lipinski definition) is 3. The van der Waals surface area contributed by atoms with Gasteiger partial charge in [0.05, 0.1) is 0 Å². The molecule has 1 aromatic rings. The van der Waals surface area contributed by atoms with Crippen LogP contribution in [0.4, 0.5) is 0 Å². The summed E-state index contributed by atoms with van der Waals surface area (Å²) in [5, 5.41) is 15.1. The maximum absolute atomic E-state index is 12.2. The van der Waals surface area contributed by atoms with Crippen LogP contribution in [0.1, 0.15) is 42.3 Å². The molecule has 20 heavy (non-hydrogen) atoms. The summed E-state index contributed by atoms with van der Waals surface area (Å²) >= 11 is 0. The molecule has 2 rings (SSSR count). The van der Waals surface area contributed by atoms with Crippen molar-refractivity contribution in [3.8, 4) is 0 Å². The number of rotatable bonds is 3. The first-order chi connectivity index (χ1) is 9.29. The fourth-order valence-corrected chi connectivity index (χ4v) is 2.30. The zero-order chi connectivity index (χ0) is 14.9. The summed E-state index contributed by atoms with van der Waals surface area (Å²) < 4.78 is 0. The number of aliphatic carboxylic acids is 1. The van der Waals surface area contributed by atoms with Crippen LogP contribution in [-0.2, 0) is 17.9 Å². The summed E-state index contributed by atoms with van der Waals surface area (Å²) in [6, 6.07) is 4.56. The highest BCUT2D eigenvalue weighted by Crippen LogP contribution is 2.21. The molecule has 0 fully saturated rings. The summed E-state index contributed by atoms with van der Waals surface area (Å²) in [7, 11) is 0. The van der Waals surface area contributed by atoms with E-state index in [0.717, 1.165) is 18.7 Å². The monoisotopic (exact) mass is 276 g/mol. The van der Waals surface area contributed by atoms with Gasteiger partial charge in [-0.05, 0) is 28.7 Å². The third kappa shape index (κ3) is 2.99. The van der Waals surface area contributed by atoms with E-state index in [-0.39, 0.29) is 5.91 Å². The smallest absolute Gasteiger partial charge is 0.326 e. The molecule has 108 valence electrons. The second-order valence-electron chi connectivity index (χ2n) is 6.20. The number of amides is 1. The van der Waals surface area contributed by atoms with E-state index in [9.17, 15) is 14.7 Å². The minimum atomic E-state index is -1.02. The number of carbonyl (C=O) groups excluding carboxylic acids is 1. The lowest BCUT2D eigenvalue weighted by Gasteiger charge is -2.27. The van der Waals surface area contributed by atoms with E-state index in [4.69, 9.17) is 0 Å². The predicted molar refractivity (Wildman–Crippen MR) is 75.3 cm³/mol. The van der Waals surface area contributed by atoms with Gasteiger partial charge in [-0.15, -0.1) is 0 Å². The number of carboxylic acid groups (broad SMARTS) is 1.